The lowest BCUT2D eigenvalue weighted by Crippen LogP contribution is -2.55. The molecule has 0 aromatic heterocycles. The number of hydrogen-bond donors (Lipinski definition) is 0. The van der Waals surface area contributed by atoms with Crippen molar-refractivity contribution in [2.24, 2.45) is 11.8 Å². The third-order valence-corrected chi connectivity index (χ3v) is 5.47. The summed E-state index contributed by atoms with van der Waals surface area (Å²) in [4.78, 5) is 0. The van der Waals surface area contributed by atoms with Gasteiger partial charge in [0, 0.05) is 11.5 Å². The monoisotopic (exact) mass is 354 g/mol. The van der Waals surface area contributed by atoms with E-state index in [4.69, 9.17) is 18.9 Å². The van der Waals surface area contributed by atoms with Crippen LogP contribution in [0.1, 0.15) is 31.3 Å². The average molecular weight is 354 g/mol. The van der Waals surface area contributed by atoms with Gasteiger partial charge in [-0.05, 0) is 11.5 Å². The Hall–Kier alpha value is -1.72. The van der Waals surface area contributed by atoms with E-state index in [0.29, 0.717) is 19.1 Å². The third kappa shape index (κ3) is 3.69. The van der Waals surface area contributed by atoms with Gasteiger partial charge in [0.25, 0.3) is 0 Å². The van der Waals surface area contributed by atoms with Crippen LogP contribution in [0, 0.1) is 11.8 Å². The Balaban J connectivity index is 1.40. The lowest BCUT2D eigenvalue weighted by atomic mass is 9.84. The van der Waals surface area contributed by atoms with E-state index in [1.165, 1.54) is 0 Å². The molecule has 0 N–H and O–H groups in total. The van der Waals surface area contributed by atoms with E-state index >= 15 is 0 Å². The fourth-order valence-electron chi connectivity index (χ4n) is 3.70. The van der Waals surface area contributed by atoms with E-state index in [1.807, 2.05) is 48.5 Å². The van der Waals surface area contributed by atoms with Crippen LogP contribution in [0.5, 0.6) is 0 Å². The minimum atomic E-state index is -0.322. The highest BCUT2D eigenvalue weighted by atomic mass is 16.7. The molecule has 2 fully saturated rings. The number of hydrogen-bond acceptors (Lipinski definition) is 4. The SMILES string of the molecule is CC1[C@H](OCc2ccccc2)OC2COC(c3ccccc3)O[C@@H]2[C@@H]1C. The van der Waals surface area contributed by atoms with Crippen LogP contribution in [0.2, 0.25) is 0 Å². The zero-order chi connectivity index (χ0) is 17.9. The normalized spacial score (nSPS) is 34.2. The summed E-state index contributed by atoms with van der Waals surface area (Å²) in [6.07, 6.45) is -0.646. The first-order chi connectivity index (χ1) is 12.7. The largest absolute Gasteiger partial charge is 0.348 e. The molecule has 26 heavy (non-hydrogen) atoms. The number of fused-ring (bicyclic) bond motifs is 1. The highest BCUT2D eigenvalue weighted by molar-refractivity contribution is 5.16. The second-order valence-electron chi connectivity index (χ2n) is 7.23. The Bertz CT molecular complexity index is 688. The molecular formula is C22H26O4. The predicted octanol–water partition coefficient (Wildman–Crippen LogP) is 4.31. The van der Waals surface area contributed by atoms with Crippen molar-refractivity contribution in [1.82, 2.24) is 0 Å². The summed E-state index contributed by atoms with van der Waals surface area (Å²) < 4.78 is 24.5. The van der Waals surface area contributed by atoms with Gasteiger partial charge in [-0.25, -0.2) is 0 Å². The highest BCUT2D eigenvalue weighted by Crippen LogP contribution is 2.39. The molecule has 4 rings (SSSR count). The maximum atomic E-state index is 6.27. The molecule has 0 saturated carbocycles. The fraction of sp³-hybridized carbons (Fsp3) is 0.455. The molecule has 2 aliphatic rings. The van der Waals surface area contributed by atoms with Crippen molar-refractivity contribution in [2.45, 2.75) is 45.2 Å². The first-order valence-electron chi connectivity index (χ1n) is 9.35. The van der Waals surface area contributed by atoms with E-state index in [0.717, 1.165) is 11.1 Å². The molecule has 0 amide bonds. The predicted molar refractivity (Wildman–Crippen MR) is 98.2 cm³/mol. The van der Waals surface area contributed by atoms with E-state index in [1.54, 1.807) is 0 Å². The molecule has 2 heterocycles. The second kappa shape index (κ2) is 7.89. The molecule has 3 unspecified atom stereocenters. The Morgan fingerprint density at radius 1 is 0.885 bits per heavy atom. The standard InChI is InChI=1S/C22H26O4/c1-15-16(2)21(23-13-17-9-5-3-6-10-17)25-19-14-24-22(26-20(15)19)18-11-7-4-8-12-18/h3-12,15-16,19-22H,13-14H2,1-2H3/t15-,16?,19?,20-,21-,22?/m1/s1. The van der Waals surface area contributed by atoms with Gasteiger partial charge >= 0.3 is 0 Å². The number of rotatable bonds is 4. The van der Waals surface area contributed by atoms with Crippen LogP contribution in [-0.2, 0) is 25.6 Å². The summed E-state index contributed by atoms with van der Waals surface area (Å²) in [7, 11) is 0. The van der Waals surface area contributed by atoms with Crippen LogP contribution >= 0.6 is 0 Å². The summed E-state index contributed by atoms with van der Waals surface area (Å²) >= 11 is 0. The van der Waals surface area contributed by atoms with Gasteiger partial charge in [-0.1, -0.05) is 74.5 Å². The van der Waals surface area contributed by atoms with Crippen LogP contribution in [0.25, 0.3) is 0 Å². The lowest BCUT2D eigenvalue weighted by Gasteiger charge is -2.48. The maximum Gasteiger partial charge on any atom is 0.184 e. The molecule has 6 atom stereocenters. The van der Waals surface area contributed by atoms with Gasteiger partial charge in [0.2, 0.25) is 0 Å². The molecule has 2 aromatic rings. The smallest absolute Gasteiger partial charge is 0.184 e. The molecule has 4 nitrogen and oxygen atoms in total. The fourth-order valence-corrected chi connectivity index (χ4v) is 3.70. The topological polar surface area (TPSA) is 36.9 Å². The zero-order valence-electron chi connectivity index (χ0n) is 15.3. The average Bonchev–Trinajstić information content (AvgIpc) is 2.71. The first kappa shape index (κ1) is 17.7. The Morgan fingerprint density at radius 2 is 1.58 bits per heavy atom. The van der Waals surface area contributed by atoms with Crippen LogP contribution in [0.4, 0.5) is 0 Å². The summed E-state index contributed by atoms with van der Waals surface area (Å²) in [5, 5.41) is 0. The number of ether oxygens (including phenoxy) is 4. The van der Waals surface area contributed by atoms with Crippen LogP contribution in [0.15, 0.2) is 60.7 Å². The van der Waals surface area contributed by atoms with Crippen molar-refractivity contribution in [1.29, 1.82) is 0 Å². The van der Waals surface area contributed by atoms with Gasteiger partial charge in [-0.3, -0.25) is 0 Å². The molecule has 2 saturated heterocycles. The molecule has 4 heteroatoms. The minimum Gasteiger partial charge on any atom is -0.348 e. The minimum absolute atomic E-state index is 0.0144. The van der Waals surface area contributed by atoms with Crippen LogP contribution in [0.3, 0.4) is 0 Å². The molecule has 2 aromatic carbocycles. The van der Waals surface area contributed by atoms with E-state index in [2.05, 4.69) is 26.0 Å². The van der Waals surface area contributed by atoms with Gasteiger partial charge < -0.3 is 18.9 Å². The van der Waals surface area contributed by atoms with Gasteiger partial charge in [0.15, 0.2) is 12.6 Å². The van der Waals surface area contributed by atoms with Crippen molar-refractivity contribution in [3.63, 3.8) is 0 Å². The quantitative estimate of drug-likeness (QED) is 0.820. The zero-order valence-corrected chi connectivity index (χ0v) is 15.3. The van der Waals surface area contributed by atoms with Gasteiger partial charge in [0.1, 0.15) is 6.10 Å². The van der Waals surface area contributed by atoms with Crippen LogP contribution in [-0.4, -0.2) is 25.1 Å². The summed E-state index contributed by atoms with van der Waals surface area (Å²) in [6, 6.07) is 20.3. The molecule has 0 radical (unpaired) electrons. The second-order valence-corrected chi connectivity index (χ2v) is 7.23. The van der Waals surface area contributed by atoms with Gasteiger partial charge in [-0.15, -0.1) is 0 Å². The van der Waals surface area contributed by atoms with Crippen molar-refractivity contribution < 1.29 is 18.9 Å². The lowest BCUT2D eigenvalue weighted by molar-refractivity contribution is -0.344. The molecule has 0 aliphatic carbocycles. The van der Waals surface area contributed by atoms with E-state index < -0.39 is 0 Å². The summed E-state index contributed by atoms with van der Waals surface area (Å²) in [5.74, 6) is 0.569. The van der Waals surface area contributed by atoms with Crippen molar-refractivity contribution in [3.05, 3.63) is 71.8 Å². The Morgan fingerprint density at radius 3 is 2.31 bits per heavy atom. The molecule has 2 aliphatic heterocycles. The molecule has 0 spiro atoms. The van der Waals surface area contributed by atoms with Crippen molar-refractivity contribution in [2.75, 3.05) is 6.61 Å². The third-order valence-electron chi connectivity index (χ3n) is 5.47. The Labute approximate surface area is 155 Å². The maximum absolute atomic E-state index is 6.27. The first-order valence-corrected chi connectivity index (χ1v) is 9.35. The number of benzene rings is 2. The molecule has 138 valence electrons. The van der Waals surface area contributed by atoms with E-state index in [9.17, 15) is 0 Å². The van der Waals surface area contributed by atoms with Crippen molar-refractivity contribution >= 4 is 0 Å². The highest BCUT2D eigenvalue weighted by Gasteiger charge is 2.46. The van der Waals surface area contributed by atoms with Crippen LogP contribution < -0.4 is 0 Å². The van der Waals surface area contributed by atoms with E-state index in [-0.39, 0.29) is 30.7 Å². The molecular weight excluding hydrogens is 328 g/mol. The Kier molecular flexibility index (Phi) is 5.36. The molecule has 0 bridgehead atoms. The van der Waals surface area contributed by atoms with Gasteiger partial charge in [0.05, 0.1) is 19.3 Å². The summed E-state index contributed by atoms with van der Waals surface area (Å²) in [6.45, 7) is 5.46. The summed E-state index contributed by atoms with van der Waals surface area (Å²) in [5.41, 5.74) is 2.20. The van der Waals surface area contributed by atoms with Crippen molar-refractivity contribution in [3.8, 4) is 0 Å². The van der Waals surface area contributed by atoms with Gasteiger partial charge in [-0.2, -0.15) is 0 Å².